The summed E-state index contributed by atoms with van der Waals surface area (Å²) in [6.45, 7) is 27.9. The third kappa shape index (κ3) is 7.01. The zero-order valence-corrected chi connectivity index (χ0v) is 26.3. The maximum Gasteiger partial charge on any atom is 0.193 e. The van der Waals surface area contributed by atoms with Gasteiger partial charge in [0.1, 0.15) is 0 Å². The zero-order valence-electron chi connectivity index (χ0n) is 22.7. The summed E-state index contributed by atoms with van der Waals surface area (Å²) in [5.41, 5.74) is 0. The van der Waals surface area contributed by atoms with E-state index in [1.165, 1.54) is 0 Å². The first-order valence-electron chi connectivity index (χ1n) is 12.2. The van der Waals surface area contributed by atoms with E-state index < -0.39 is 22.4 Å². The molecule has 2 rings (SSSR count). The monoisotopic (exact) mass is 548 g/mol. The van der Waals surface area contributed by atoms with Crippen LogP contribution in [0.3, 0.4) is 0 Å². The molecule has 0 aromatic rings. The van der Waals surface area contributed by atoms with Crippen molar-refractivity contribution in [3.8, 4) is 0 Å². The Labute approximate surface area is 208 Å². The van der Waals surface area contributed by atoms with Crippen LogP contribution in [0.4, 0.5) is 0 Å². The molecule has 1 heterocycles. The minimum absolute atomic E-state index is 0.0395. The summed E-state index contributed by atoms with van der Waals surface area (Å²) in [6, 6.07) is 0. The van der Waals surface area contributed by atoms with Crippen LogP contribution in [0.1, 0.15) is 61.8 Å². The minimum Gasteiger partial charge on any atom is -0.411 e. The molecule has 32 heavy (non-hydrogen) atoms. The van der Waals surface area contributed by atoms with E-state index in [0.29, 0.717) is 18.4 Å². The normalized spacial score (nSPS) is 28.8. The zero-order chi connectivity index (χ0) is 24.8. The summed E-state index contributed by atoms with van der Waals surface area (Å²) in [6.07, 6.45) is 5.68. The lowest BCUT2D eigenvalue weighted by Crippen LogP contribution is -2.52. The lowest BCUT2D eigenvalue weighted by Gasteiger charge is -2.45. The third-order valence-corrected chi connectivity index (χ3v) is 17.4. The molecule has 0 amide bonds. The van der Waals surface area contributed by atoms with E-state index in [-0.39, 0.29) is 28.4 Å². The van der Waals surface area contributed by atoms with Gasteiger partial charge in [-0.1, -0.05) is 69.6 Å². The van der Waals surface area contributed by atoms with E-state index >= 15 is 0 Å². The molecule has 1 saturated heterocycles. The molecule has 5 atom stereocenters. The molecule has 1 aliphatic heterocycles. The van der Waals surface area contributed by atoms with Gasteiger partial charge in [-0.3, -0.25) is 0 Å². The SMILES string of the molecule is CC1(C)OC[C@H]([C@@H]2C[C@H]2[C@@H](O[Si](C)(C)C(C)(C)C)[C@@H](/C=C/CBr)O[Si](C)(C)C(C)(C)C)O1. The fourth-order valence-corrected chi connectivity index (χ4v) is 6.61. The van der Waals surface area contributed by atoms with Gasteiger partial charge in [-0.15, -0.1) is 0 Å². The van der Waals surface area contributed by atoms with Gasteiger partial charge in [-0.25, -0.2) is 0 Å². The molecule has 0 spiro atoms. The van der Waals surface area contributed by atoms with E-state index in [0.717, 1.165) is 11.8 Å². The van der Waals surface area contributed by atoms with Crippen LogP contribution in [-0.4, -0.2) is 52.7 Å². The number of hydrogen-bond donors (Lipinski definition) is 0. The van der Waals surface area contributed by atoms with Crippen molar-refractivity contribution >= 4 is 32.6 Å². The molecule has 2 aliphatic rings. The topological polar surface area (TPSA) is 36.9 Å². The Bertz CT molecular complexity index is 664. The molecule has 0 unspecified atom stereocenters. The highest BCUT2D eigenvalue weighted by Gasteiger charge is 2.56. The van der Waals surface area contributed by atoms with Gasteiger partial charge < -0.3 is 18.3 Å². The average Bonchev–Trinajstić information content (AvgIpc) is 3.30. The van der Waals surface area contributed by atoms with Crippen molar-refractivity contribution in [1.29, 1.82) is 0 Å². The van der Waals surface area contributed by atoms with Crippen molar-refractivity contribution in [3.63, 3.8) is 0 Å². The number of rotatable bonds is 9. The first-order valence-corrected chi connectivity index (χ1v) is 19.2. The molecular weight excluding hydrogens is 500 g/mol. The lowest BCUT2D eigenvalue weighted by atomic mass is 10.1. The molecule has 0 bridgehead atoms. The van der Waals surface area contributed by atoms with Crippen molar-refractivity contribution in [2.45, 2.75) is 122 Å². The van der Waals surface area contributed by atoms with Gasteiger partial charge in [0.05, 0.1) is 24.9 Å². The van der Waals surface area contributed by atoms with Crippen molar-refractivity contribution in [2.24, 2.45) is 11.8 Å². The second-order valence-corrected chi connectivity index (χ2v) is 23.4. The van der Waals surface area contributed by atoms with E-state index in [1.54, 1.807) is 0 Å². The van der Waals surface area contributed by atoms with Gasteiger partial charge in [0.2, 0.25) is 0 Å². The first kappa shape index (κ1) is 28.7. The molecule has 2 fully saturated rings. The van der Waals surface area contributed by atoms with Crippen LogP contribution in [0.5, 0.6) is 0 Å². The van der Waals surface area contributed by atoms with Gasteiger partial charge in [-0.2, -0.15) is 0 Å². The number of ether oxygens (including phenoxy) is 2. The van der Waals surface area contributed by atoms with Gasteiger partial charge in [0.25, 0.3) is 0 Å². The van der Waals surface area contributed by atoms with Crippen molar-refractivity contribution in [1.82, 2.24) is 0 Å². The highest BCUT2D eigenvalue weighted by Crippen LogP contribution is 2.52. The summed E-state index contributed by atoms with van der Waals surface area (Å²) in [5.74, 6) is 0.413. The van der Waals surface area contributed by atoms with E-state index in [1.807, 2.05) is 13.8 Å². The summed E-state index contributed by atoms with van der Waals surface area (Å²) < 4.78 is 26.3. The molecule has 1 aliphatic carbocycles. The van der Waals surface area contributed by atoms with Crippen LogP contribution < -0.4 is 0 Å². The predicted octanol–water partition coefficient (Wildman–Crippen LogP) is 7.51. The number of halogens is 1. The van der Waals surface area contributed by atoms with Crippen LogP contribution in [0.15, 0.2) is 12.2 Å². The Hall–Kier alpha value is 0.494. The minimum atomic E-state index is -1.99. The summed E-state index contributed by atoms with van der Waals surface area (Å²) in [5, 5.41) is 1.11. The van der Waals surface area contributed by atoms with Crippen LogP contribution >= 0.6 is 15.9 Å². The molecular formula is C25H49BrO4Si2. The Kier molecular flexibility index (Phi) is 8.85. The van der Waals surface area contributed by atoms with E-state index in [4.69, 9.17) is 18.3 Å². The highest BCUT2D eigenvalue weighted by molar-refractivity contribution is 9.09. The number of alkyl halides is 1. The van der Waals surface area contributed by atoms with Gasteiger partial charge in [-0.05, 0) is 68.4 Å². The maximum atomic E-state index is 7.16. The molecule has 0 aromatic heterocycles. The largest absolute Gasteiger partial charge is 0.411 e. The summed E-state index contributed by atoms with van der Waals surface area (Å²) in [4.78, 5) is 0. The fraction of sp³-hybridized carbons (Fsp3) is 0.920. The van der Waals surface area contributed by atoms with Gasteiger partial charge in [0, 0.05) is 5.33 Å². The maximum absolute atomic E-state index is 7.16. The first-order chi connectivity index (χ1) is 14.3. The second kappa shape index (κ2) is 9.86. The van der Waals surface area contributed by atoms with Crippen LogP contribution in [0, 0.1) is 11.8 Å². The molecule has 0 aromatic carbocycles. The Morgan fingerprint density at radius 3 is 1.97 bits per heavy atom. The Morgan fingerprint density at radius 2 is 1.53 bits per heavy atom. The number of allylic oxidation sites excluding steroid dienone is 1. The van der Waals surface area contributed by atoms with Gasteiger partial charge in [0.15, 0.2) is 22.4 Å². The van der Waals surface area contributed by atoms with Crippen molar-refractivity contribution in [3.05, 3.63) is 12.2 Å². The van der Waals surface area contributed by atoms with Crippen LogP contribution in [0.25, 0.3) is 0 Å². The molecule has 0 radical (unpaired) electrons. The van der Waals surface area contributed by atoms with E-state index in [2.05, 4.69) is 95.8 Å². The average molecular weight is 550 g/mol. The molecule has 1 saturated carbocycles. The quantitative estimate of drug-likeness (QED) is 0.169. The van der Waals surface area contributed by atoms with E-state index in [9.17, 15) is 0 Å². The standard InChI is InChI=1S/C25H49BrO4Si2/c1-23(2,3)31(9,10)29-20(14-13-15-26)22(30-32(11,12)24(4,5)6)19-16-18(19)21-17-27-25(7,8)28-21/h13-14,18-22H,15-17H2,1-12H3/b14-13+/t18-,19-,20-,21-,22-/m1/s1. The summed E-state index contributed by atoms with van der Waals surface area (Å²) >= 11 is 3.57. The molecule has 4 nitrogen and oxygen atoms in total. The predicted molar refractivity (Wildman–Crippen MR) is 144 cm³/mol. The van der Waals surface area contributed by atoms with Crippen LogP contribution in [-0.2, 0) is 18.3 Å². The molecule has 188 valence electrons. The fourth-order valence-electron chi connectivity index (χ4n) is 3.80. The van der Waals surface area contributed by atoms with Crippen molar-refractivity contribution in [2.75, 3.05) is 11.9 Å². The lowest BCUT2D eigenvalue weighted by molar-refractivity contribution is -0.141. The van der Waals surface area contributed by atoms with Crippen molar-refractivity contribution < 1.29 is 18.3 Å². The molecule has 0 N–H and O–H groups in total. The van der Waals surface area contributed by atoms with Gasteiger partial charge >= 0.3 is 0 Å². The second-order valence-electron chi connectivity index (χ2n) is 13.2. The Balaban J connectivity index is 2.35. The highest BCUT2D eigenvalue weighted by atomic mass is 79.9. The van der Waals surface area contributed by atoms with Crippen LogP contribution in [0.2, 0.25) is 36.3 Å². The third-order valence-electron chi connectivity index (χ3n) is 8.03. The Morgan fingerprint density at radius 1 is 1.00 bits per heavy atom. The smallest absolute Gasteiger partial charge is 0.193 e. The molecule has 7 heteroatoms. The number of hydrogen-bond acceptors (Lipinski definition) is 4. The summed E-state index contributed by atoms with van der Waals surface area (Å²) in [7, 11) is -3.98.